The molecule has 2 rings (SSSR count). The molecule has 0 saturated carbocycles. The lowest BCUT2D eigenvalue weighted by atomic mass is 10.2. The Bertz CT molecular complexity index is 543. The first-order chi connectivity index (χ1) is 9.20. The van der Waals surface area contributed by atoms with Crippen molar-refractivity contribution in [2.75, 3.05) is 5.32 Å². The number of hydrogen-bond acceptors (Lipinski definition) is 3. The summed E-state index contributed by atoms with van der Waals surface area (Å²) >= 11 is -1.25. The highest BCUT2D eigenvalue weighted by Gasteiger charge is 2.17. The van der Waals surface area contributed by atoms with Gasteiger partial charge in [0.05, 0.1) is 0 Å². The Kier molecular flexibility index (Phi) is 4.59. The van der Waals surface area contributed by atoms with Gasteiger partial charge >= 0.3 is 5.16 Å². The number of benzene rings is 1. The maximum absolute atomic E-state index is 12.1. The smallest absolute Gasteiger partial charge is 0.320 e. The predicted molar refractivity (Wildman–Crippen MR) is 74.1 cm³/mol. The summed E-state index contributed by atoms with van der Waals surface area (Å²) in [6, 6.07) is 7.36. The number of nitrogens with one attached hydrogen (secondary N) is 2. The van der Waals surface area contributed by atoms with E-state index in [0.29, 0.717) is 23.0 Å². The van der Waals surface area contributed by atoms with Gasteiger partial charge in [-0.25, -0.2) is 0 Å². The minimum atomic E-state index is -1.25. The Hall–Kier alpha value is -1.79. The summed E-state index contributed by atoms with van der Waals surface area (Å²) in [5.74, 6) is 0.254. The van der Waals surface area contributed by atoms with Gasteiger partial charge in [0.15, 0.2) is 0 Å². The zero-order valence-corrected chi connectivity index (χ0v) is 11.4. The Morgan fingerprint density at radius 3 is 2.95 bits per heavy atom. The molecule has 2 aromatic rings. The van der Waals surface area contributed by atoms with E-state index in [4.69, 9.17) is 0 Å². The van der Waals surface area contributed by atoms with Crippen LogP contribution in [0.25, 0.3) is 0 Å². The normalized spacial score (nSPS) is 12.1. The lowest BCUT2D eigenvalue weighted by molar-refractivity contribution is -0.115. The number of nitrogens with zero attached hydrogens (tertiary/aromatic N) is 1. The number of aromatic amines is 1. The second kappa shape index (κ2) is 6.40. The van der Waals surface area contributed by atoms with Crippen LogP contribution in [0, 0.1) is 0 Å². The van der Waals surface area contributed by atoms with E-state index < -0.39 is 11.2 Å². The Balaban J connectivity index is 2.13. The number of rotatable bonds is 5. The van der Waals surface area contributed by atoms with Crippen LogP contribution in [0.3, 0.4) is 0 Å². The van der Waals surface area contributed by atoms with Crippen molar-refractivity contribution < 1.29 is 9.35 Å². The molecule has 0 radical (unpaired) electrons. The zero-order chi connectivity index (χ0) is 13.7. The summed E-state index contributed by atoms with van der Waals surface area (Å²) in [5, 5.41) is 3.25. The van der Waals surface area contributed by atoms with Gasteiger partial charge in [-0.3, -0.25) is 4.79 Å². The number of hydrogen-bond donors (Lipinski definition) is 2. The van der Waals surface area contributed by atoms with Gasteiger partial charge in [-0.1, -0.05) is 25.1 Å². The monoisotopic (exact) mass is 277 g/mol. The molecule has 1 aromatic heterocycles. The van der Waals surface area contributed by atoms with E-state index in [9.17, 15) is 9.35 Å². The first kappa shape index (κ1) is 13.6. The highest BCUT2D eigenvalue weighted by molar-refractivity contribution is 7.90. The first-order valence-corrected chi connectivity index (χ1v) is 7.28. The standard InChI is InChI=1S/C13H15N3O2S/c1-2-12(17)16-11-6-4-3-5-10(11)9-19(18)13-14-7-8-15-13/h3-8H,2,9H2,1H3,(H,14,15)(H,16,17). The molecular weight excluding hydrogens is 262 g/mol. The third kappa shape index (κ3) is 3.59. The van der Waals surface area contributed by atoms with Crippen LogP contribution in [0.2, 0.25) is 0 Å². The van der Waals surface area contributed by atoms with Gasteiger partial charge < -0.3 is 14.9 Å². The number of carbonyl (C=O) groups is 1. The summed E-state index contributed by atoms with van der Waals surface area (Å²) in [6.07, 6.45) is 3.62. The van der Waals surface area contributed by atoms with Crippen molar-refractivity contribution in [2.24, 2.45) is 0 Å². The summed E-state index contributed by atoms with van der Waals surface area (Å²) in [5.41, 5.74) is 1.54. The average molecular weight is 277 g/mol. The Morgan fingerprint density at radius 2 is 2.26 bits per heavy atom. The molecule has 1 amide bonds. The van der Waals surface area contributed by atoms with Gasteiger partial charge in [0.2, 0.25) is 5.91 Å². The van der Waals surface area contributed by atoms with Gasteiger partial charge in [0.25, 0.3) is 0 Å². The number of amides is 1. The summed E-state index contributed by atoms with van der Waals surface area (Å²) in [7, 11) is 0. The fraction of sp³-hybridized carbons (Fsp3) is 0.231. The van der Waals surface area contributed by atoms with Crippen LogP contribution in [0.5, 0.6) is 0 Å². The molecule has 0 bridgehead atoms. The van der Waals surface area contributed by atoms with Gasteiger partial charge in [-0.2, -0.15) is 4.98 Å². The number of imidazole rings is 1. The van der Waals surface area contributed by atoms with E-state index in [2.05, 4.69) is 15.3 Å². The molecule has 19 heavy (non-hydrogen) atoms. The number of carbonyl (C=O) groups excluding carboxylic acids is 1. The molecule has 0 aliphatic carbocycles. The molecule has 2 N–H and O–H groups in total. The third-order valence-corrected chi connectivity index (χ3v) is 3.82. The van der Waals surface area contributed by atoms with E-state index in [1.807, 2.05) is 24.3 Å². The van der Waals surface area contributed by atoms with Crippen molar-refractivity contribution in [2.45, 2.75) is 24.3 Å². The third-order valence-electron chi connectivity index (χ3n) is 2.59. The van der Waals surface area contributed by atoms with E-state index in [0.717, 1.165) is 5.56 Å². The van der Waals surface area contributed by atoms with Crippen molar-refractivity contribution in [3.63, 3.8) is 0 Å². The SMILES string of the molecule is CCC(=O)Nc1ccccc1C[S+]([O-])c1ncc[nH]1. The molecule has 0 aliphatic heterocycles. The van der Waals surface area contributed by atoms with Crippen LogP contribution in [-0.2, 0) is 21.7 Å². The molecular formula is C13H15N3O2S. The van der Waals surface area contributed by atoms with Gasteiger partial charge in [-0.05, 0) is 6.07 Å². The minimum Gasteiger partial charge on any atom is -0.609 e. The van der Waals surface area contributed by atoms with E-state index >= 15 is 0 Å². The largest absolute Gasteiger partial charge is 0.609 e. The molecule has 0 fully saturated rings. The fourth-order valence-corrected chi connectivity index (χ4v) is 2.64. The Morgan fingerprint density at radius 1 is 1.47 bits per heavy atom. The predicted octanol–water partition coefficient (Wildman–Crippen LogP) is 2.07. The highest BCUT2D eigenvalue weighted by Crippen LogP contribution is 2.20. The Labute approximate surface area is 114 Å². The van der Waals surface area contributed by atoms with Gasteiger partial charge in [0.1, 0.15) is 5.75 Å². The second-order valence-electron chi connectivity index (χ2n) is 3.94. The number of para-hydroxylation sites is 1. The first-order valence-electron chi connectivity index (χ1n) is 5.96. The van der Waals surface area contributed by atoms with E-state index in [1.54, 1.807) is 19.3 Å². The van der Waals surface area contributed by atoms with E-state index in [1.165, 1.54) is 0 Å². The van der Waals surface area contributed by atoms with Crippen LogP contribution in [0.1, 0.15) is 18.9 Å². The van der Waals surface area contributed by atoms with E-state index in [-0.39, 0.29) is 5.91 Å². The molecule has 100 valence electrons. The molecule has 6 heteroatoms. The highest BCUT2D eigenvalue weighted by atomic mass is 32.2. The maximum atomic E-state index is 12.1. The summed E-state index contributed by atoms with van der Waals surface area (Å²) in [6.45, 7) is 1.79. The maximum Gasteiger partial charge on any atom is 0.320 e. The molecule has 1 heterocycles. The lowest BCUT2D eigenvalue weighted by Gasteiger charge is -2.12. The number of H-pyrrole nitrogens is 1. The van der Waals surface area contributed by atoms with Crippen LogP contribution in [-0.4, -0.2) is 20.4 Å². The molecule has 0 saturated heterocycles. The molecule has 1 aromatic carbocycles. The number of anilines is 1. The van der Waals surface area contributed by atoms with Crippen molar-refractivity contribution in [1.82, 2.24) is 9.97 Å². The zero-order valence-electron chi connectivity index (χ0n) is 10.6. The lowest BCUT2D eigenvalue weighted by Crippen LogP contribution is -2.13. The van der Waals surface area contributed by atoms with Crippen molar-refractivity contribution in [3.8, 4) is 0 Å². The molecule has 0 spiro atoms. The van der Waals surface area contributed by atoms with Crippen LogP contribution < -0.4 is 5.32 Å². The van der Waals surface area contributed by atoms with Crippen LogP contribution in [0.4, 0.5) is 5.69 Å². The molecule has 5 nitrogen and oxygen atoms in total. The van der Waals surface area contributed by atoms with Gasteiger partial charge in [0, 0.05) is 41.2 Å². The number of aromatic nitrogens is 2. The van der Waals surface area contributed by atoms with Crippen molar-refractivity contribution in [1.29, 1.82) is 0 Å². The summed E-state index contributed by atoms with van der Waals surface area (Å²) in [4.78, 5) is 18.2. The fourth-order valence-electron chi connectivity index (χ4n) is 1.59. The van der Waals surface area contributed by atoms with Crippen LogP contribution >= 0.6 is 0 Å². The quantitative estimate of drug-likeness (QED) is 0.821. The molecule has 0 aliphatic rings. The molecule has 1 unspecified atom stereocenters. The van der Waals surface area contributed by atoms with Crippen molar-refractivity contribution in [3.05, 3.63) is 42.2 Å². The topological polar surface area (TPSA) is 80.8 Å². The second-order valence-corrected chi connectivity index (χ2v) is 5.31. The summed E-state index contributed by atoms with van der Waals surface area (Å²) < 4.78 is 12.1. The van der Waals surface area contributed by atoms with Gasteiger partial charge in [-0.15, -0.1) is 0 Å². The molecule has 1 atom stereocenters. The minimum absolute atomic E-state index is 0.0590. The van der Waals surface area contributed by atoms with Crippen molar-refractivity contribution >= 4 is 22.8 Å². The average Bonchev–Trinajstić information content (AvgIpc) is 2.95. The van der Waals surface area contributed by atoms with Crippen LogP contribution in [0.15, 0.2) is 41.8 Å².